The summed E-state index contributed by atoms with van der Waals surface area (Å²) in [5.74, 6) is 0.294. The van der Waals surface area contributed by atoms with Gasteiger partial charge in [-0.1, -0.05) is 18.9 Å². The first-order valence-electron chi connectivity index (χ1n) is 8.92. The molecule has 0 atom stereocenters. The number of hydrogen-bond donors (Lipinski definition) is 2. The fraction of sp³-hybridized carbons (Fsp3) is 0.421. The van der Waals surface area contributed by atoms with Crippen LogP contribution in [0.5, 0.6) is 0 Å². The van der Waals surface area contributed by atoms with E-state index in [0.29, 0.717) is 28.2 Å². The van der Waals surface area contributed by atoms with Crippen LogP contribution in [0.15, 0.2) is 34.1 Å². The molecule has 152 valence electrons. The van der Waals surface area contributed by atoms with E-state index in [1.165, 1.54) is 17.8 Å². The molecule has 2 aromatic rings. The van der Waals surface area contributed by atoms with E-state index in [1.54, 1.807) is 0 Å². The molecule has 1 heterocycles. The molecule has 0 fully saturated rings. The van der Waals surface area contributed by atoms with Gasteiger partial charge in [-0.2, -0.15) is 13.0 Å². The second-order valence-electron chi connectivity index (χ2n) is 7.59. The third kappa shape index (κ3) is 3.36. The van der Waals surface area contributed by atoms with Gasteiger partial charge in [-0.15, -0.1) is 4.33 Å². The third-order valence-corrected chi connectivity index (χ3v) is 6.69. The Bertz CT molecular complexity index is 1070. The summed E-state index contributed by atoms with van der Waals surface area (Å²) in [7, 11) is -4.44. The molecule has 0 aromatic heterocycles. The van der Waals surface area contributed by atoms with Crippen molar-refractivity contribution in [3.63, 3.8) is 0 Å². The number of benzene rings is 2. The second-order valence-corrected chi connectivity index (χ2v) is 9.75. The molecule has 1 aliphatic heterocycles. The predicted octanol–water partition coefficient (Wildman–Crippen LogP) is 4.57. The van der Waals surface area contributed by atoms with Crippen LogP contribution in [0.4, 0.5) is 5.69 Å². The molecule has 0 aliphatic carbocycles. The van der Waals surface area contributed by atoms with E-state index in [0.717, 1.165) is 23.2 Å². The van der Waals surface area contributed by atoms with Gasteiger partial charge in [0, 0.05) is 22.4 Å². The lowest BCUT2D eigenvalue weighted by Gasteiger charge is -2.22. The summed E-state index contributed by atoms with van der Waals surface area (Å²) < 4.78 is 40.2. The largest absolute Gasteiger partial charge is 0.294 e. The van der Waals surface area contributed by atoms with Crippen molar-refractivity contribution in [1.82, 2.24) is 0 Å². The molecule has 0 radical (unpaired) electrons. The van der Waals surface area contributed by atoms with Crippen molar-refractivity contribution >= 4 is 44.3 Å². The van der Waals surface area contributed by atoms with Crippen LogP contribution in [0.1, 0.15) is 40.2 Å². The van der Waals surface area contributed by atoms with E-state index in [1.807, 2.05) is 12.1 Å². The monoisotopic (exact) mass is 426 g/mol. The SMILES string of the molecule is CC[N+]1=C(C(C)C)C(C)(C)c2c1ccc1c(SOOO)cc(S(=O)(=O)O)cc21. The Kier molecular flexibility index (Phi) is 5.61. The smallest absolute Gasteiger partial charge is 0.282 e. The number of fused-ring (bicyclic) bond motifs is 3. The van der Waals surface area contributed by atoms with Crippen LogP contribution in [0.2, 0.25) is 0 Å². The Labute approximate surface area is 168 Å². The van der Waals surface area contributed by atoms with Gasteiger partial charge < -0.3 is 0 Å². The number of hydrogen-bond acceptors (Lipinski definition) is 6. The molecule has 0 bridgehead atoms. The lowest BCUT2D eigenvalue weighted by atomic mass is 9.76. The molecule has 1 aliphatic rings. The van der Waals surface area contributed by atoms with Crippen LogP contribution in [0, 0.1) is 5.92 Å². The number of nitrogens with zero attached hydrogens (tertiary/aromatic N) is 1. The molecule has 0 spiro atoms. The average molecular weight is 427 g/mol. The van der Waals surface area contributed by atoms with Crippen molar-refractivity contribution in [2.75, 3.05) is 6.54 Å². The first kappa shape index (κ1) is 21.2. The number of rotatable bonds is 6. The van der Waals surface area contributed by atoms with Gasteiger partial charge >= 0.3 is 0 Å². The normalized spacial score (nSPS) is 16.3. The Morgan fingerprint density at radius 1 is 1.21 bits per heavy atom. The van der Waals surface area contributed by atoms with Crippen LogP contribution in [0.25, 0.3) is 10.8 Å². The van der Waals surface area contributed by atoms with Gasteiger partial charge in [-0.05, 0) is 49.7 Å². The standard InChI is InChI=1S/C19H23NO6S2/c1-6-20-15-8-7-13-14(17(15)19(4,5)18(20)11(2)3)9-12(28(22,23)24)10-16(13)27-26-25-21/h7-11H,6H2,1-5H3,(H-,21,22,23,24)/p+1. The summed E-state index contributed by atoms with van der Waals surface area (Å²) in [6, 6.07) is 6.68. The molecular formula is C19H24NO6S2+. The zero-order chi connectivity index (χ0) is 20.9. The van der Waals surface area contributed by atoms with E-state index >= 15 is 0 Å². The molecule has 0 saturated heterocycles. The van der Waals surface area contributed by atoms with Gasteiger partial charge in [0.2, 0.25) is 5.69 Å². The zero-order valence-electron chi connectivity index (χ0n) is 16.4. The topological polar surface area (TPSA) is 96.1 Å². The minimum absolute atomic E-state index is 0.241. The summed E-state index contributed by atoms with van der Waals surface area (Å²) in [5, 5.41) is 13.6. The highest BCUT2D eigenvalue weighted by atomic mass is 32.2. The minimum atomic E-state index is -4.44. The highest BCUT2D eigenvalue weighted by Gasteiger charge is 2.47. The molecule has 9 heteroatoms. The third-order valence-electron chi connectivity index (χ3n) is 5.21. The Morgan fingerprint density at radius 2 is 1.89 bits per heavy atom. The van der Waals surface area contributed by atoms with E-state index in [2.05, 4.69) is 48.6 Å². The molecule has 2 aromatic carbocycles. The van der Waals surface area contributed by atoms with E-state index in [-0.39, 0.29) is 10.3 Å². The van der Waals surface area contributed by atoms with Crippen molar-refractivity contribution in [1.29, 1.82) is 0 Å². The Morgan fingerprint density at radius 3 is 2.43 bits per heavy atom. The lowest BCUT2D eigenvalue weighted by molar-refractivity contribution is -0.436. The maximum absolute atomic E-state index is 11.9. The molecule has 28 heavy (non-hydrogen) atoms. The first-order valence-corrected chi connectivity index (χ1v) is 11.1. The summed E-state index contributed by atoms with van der Waals surface area (Å²) in [5.41, 5.74) is 2.92. The minimum Gasteiger partial charge on any atom is -0.282 e. The van der Waals surface area contributed by atoms with Crippen molar-refractivity contribution in [2.45, 2.75) is 49.8 Å². The Hall–Kier alpha value is -1.49. The van der Waals surface area contributed by atoms with Gasteiger partial charge in [0.05, 0.1) is 22.4 Å². The van der Waals surface area contributed by atoms with Crippen LogP contribution >= 0.6 is 12.0 Å². The van der Waals surface area contributed by atoms with Gasteiger partial charge in [0.1, 0.15) is 6.54 Å². The van der Waals surface area contributed by atoms with Crippen LogP contribution in [-0.4, -0.2) is 35.1 Å². The zero-order valence-corrected chi connectivity index (χ0v) is 18.0. The fourth-order valence-electron chi connectivity index (χ4n) is 4.48. The lowest BCUT2D eigenvalue weighted by Crippen LogP contribution is -2.33. The first-order chi connectivity index (χ1) is 13.0. The average Bonchev–Trinajstić information content (AvgIpc) is 2.85. The molecule has 7 nitrogen and oxygen atoms in total. The van der Waals surface area contributed by atoms with Crippen LogP contribution in [-0.2, 0) is 24.9 Å². The highest BCUT2D eigenvalue weighted by Crippen LogP contribution is 2.47. The van der Waals surface area contributed by atoms with E-state index < -0.39 is 10.1 Å². The van der Waals surface area contributed by atoms with Crippen LogP contribution < -0.4 is 0 Å². The summed E-state index contributed by atoms with van der Waals surface area (Å²) in [6.45, 7) is 11.4. The second kappa shape index (κ2) is 7.40. The molecule has 0 amide bonds. The predicted molar refractivity (Wildman–Crippen MR) is 108 cm³/mol. The van der Waals surface area contributed by atoms with Crippen LogP contribution in [0.3, 0.4) is 0 Å². The van der Waals surface area contributed by atoms with Gasteiger partial charge in [-0.25, -0.2) is 5.26 Å². The van der Waals surface area contributed by atoms with Crippen molar-refractivity contribution in [3.05, 3.63) is 29.8 Å². The fourth-order valence-corrected chi connectivity index (χ4v) is 5.64. The maximum atomic E-state index is 11.9. The van der Waals surface area contributed by atoms with E-state index in [9.17, 15) is 13.0 Å². The molecule has 2 N–H and O–H groups in total. The maximum Gasteiger partial charge on any atom is 0.294 e. The van der Waals surface area contributed by atoms with Gasteiger partial charge in [0.15, 0.2) is 5.71 Å². The summed E-state index contributed by atoms with van der Waals surface area (Å²) >= 11 is 0.671. The van der Waals surface area contributed by atoms with Gasteiger partial charge in [-0.3, -0.25) is 4.55 Å². The highest BCUT2D eigenvalue weighted by molar-refractivity contribution is 7.94. The van der Waals surface area contributed by atoms with Crippen molar-refractivity contribution < 1.29 is 32.2 Å². The van der Waals surface area contributed by atoms with Crippen molar-refractivity contribution in [2.24, 2.45) is 5.92 Å². The molecule has 0 unspecified atom stereocenters. The Balaban J connectivity index is 2.41. The summed E-state index contributed by atoms with van der Waals surface area (Å²) in [6.07, 6.45) is 0. The van der Waals surface area contributed by atoms with Gasteiger partial charge in [0.25, 0.3) is 10.1 Å². The quantitative estimate of drug-likeness (QED) is 0.230. The van der Waals surface area contributed by atoms with Crippen molar-refractivity contribution in [3.8, 4) is 0 Å². The molecule has 3 rings (SSSR count). The summed E-state index contributed by atoms with van der Waals surface area (Å²) in [4.78, 5) is 0.160. The van der Waals surface area contributed by atoms with E-state index in [4.69, 9.17) is 5.26 Å². The molecule has 0 saturated carbocycles. The molecular weight excluding hydrogens is 402 g/mol.